The van der Waals surface area contributed by atoms with Gasteiger partial charge in [-0.1, -0.05) is 6.92 Å². The van der Waals surface area contributed by atoms with Crippen LogP contribution in [0.1, 0.15) is 44.8 Å². The van der Waals surface area contributed by atoms with E-state index in [1.54, 1.807) is 0 Å². The summed E-state index contributed by atoms with van der Waals surface area (Å²) in [6.07, 6.45) is 0.857. The van der Waals surface area contributed by atoms with Gasteiger partial charge in [0.05, 0.1) is 12.6 Å². The number of aliphatic hydroxyl groups excluding tert-OH is 1. The van der Waals surface area contributed by atoms with E-state index in [4.69, 9.17) is 10.2 Å². The highest BCUT2D eigenvalue weighted by Gasteiger charge is 2.34. The molecular formula is C14H26N2O2. The number of hydrogen-bond acceptors (Lipinski definition) is 4. The van der Waals surface area contributed by atoms with Gasteiger partial charge in [0.2, 0.25) is 0 Å². The number of aryl methyl sites for hydroxylation is 1. The fourth-order valence-electron chi connectivity index (χ4n) is 2.01. The van der Waals surface area contributed by atoms with E-state index in [0.29, 0.717) is 0 Å². The first kappa shape index (κ1) is 15.2. The fourth-order valence-corrected chi connectivity index (χ4v) is 2.01. The van der Waals surface area contributed by atoms with E-state index < -0.39 is 0 Å². The van der Waals surface area contributed by atoms with Gasteiger partial charge in [0.25, 0.3) is 0 Å². The lowest BCUT2D eigenvalue weighted by atomic mass is 9.95. The van der Waals surface area contributed by atoms with Crippen LogP contribution in [-0.4, -0.2) is 35.2 Å². The summed E-state index contributed by atoms with van der Waals surface area (Å²) in [5.74, 6) is 1.75. The van der Waals surface area contributed by atoms with Crippen LogP contribution in [0.2, 0.25) is 0 Å². The molecule has 0 bridgehead atoms. The van der Waals surface area contributed by atoms with Crippen molar-refractivity contribution in [2.24, 2.45) is 5.73 Å². The molecule has 18 heavy (non-hydrogen) atoms. The van der Waals surface area contributed by atoms with Gasteiger partial charge in [-0.15, -0.1) is 0 Å². The predicted molar refractivity (Wildman–Crippen MR) is 73.4 cm³/mol. The molecule has 0 aliphatic carbocycles. The molecule has 0 aromatic carbocycles. The molecule has 104 valence electrons. The molecule has 1 rings (SSSR count). The molecule has 0 amide bonds. The summed E-state index contributed by atoms with van der Waals surface area (Å²) in [7, 11) is 1.98. The summed E-state index contributed by atoms with van der Waals surface area (Å²) >= 11 is 0. The van der Waals surface area contributed by atoms with E-state index in [1.807, 2.05) is 40.0 Å². The van der Waals surface area contributed by atoms with Crippen molar-refractivity contribution >= 4 is 0 Å². The van der Waals surface area contributed by atoms with Gasteiger partial charge in [-0.3, -0.25) is 4.90 Å². The maximum Gasteiger partial charge on any atom is 0.122 e. The van der Waals surface area contributed by atoms with Gasteiger partial charge in [0, 0.05) is 11.6 Å². The maximum atomic E-state index is 9.51. The van der Waals surface area contributed by atoms with Gasteiger partial charge >= 0.3 is 0 Å². The second-order valence-electron chi connectivity index (χ2n) is 5.55. The maximum absolute atomic E-state index is 9.51. The minimum atomic E-state index is -0.335. The topological polar surface area (TPSA) is 62.6 Å². The van der Waals surface area contributed by atoms with Crippen LogP contribution >= 0.6 is 0 Å². The van der Waals surface area contributed by atoms with Crippen LogP contribution in [0.25, 0.3) is 0 Å². The number of nitrogens with zero attached hydrogens (tertiary/aromatic N) is 1. The first-order valence-electron chi connectivity index (χ1n) is 6.49. The number of likely N-dealkylation sites (N-methyl/N-ethyl adjacent to an activating group) is 1. The Morgan fingerprint density at radius 1 is 1.44 bits per heavy atom. The van der Waals surface area contributed by atoms with Crippen LogP contribution < -0.4 is 5.73 Å². The van der Waals surface area contributed by atoms with Crippen LogP contribution in [0.5, 0.6) is 0 Å². The van der Waals surface area contributed by atoms with Crippen LogP contribution in [0.15, 0.2) is 16.5 Å². The molecular weight excluding hydrogens is 228 g/mol. The minimum absolute atomic E-state index is 0.0219. The predicted octanol–water partition coefficient (Wildman–Crippen LogP) is 2.07. The van der Waals surface area contributed by atoms with Gasteiger partial charge < -0.3 is 15.3 Å². The average molecular weight is 254 g/mol. The molecule has 0 radical (unpaired) electrons. The molecule has 2 unspecified atom stereocenters. The molecule has 0 saturated carbocycles. The highest BCUT2D eigenvalue weighted by Crippen LogP contribution is 2.30. The highest BCUT2D eigenvalue weighted by molar-refractivity contribution is 5.13. The third-order valence-corrected chi connectivity index (χ3v) is 3.69. The van der Waals surface area contributed by atoms with Crippen molar-refractivity contribution in [2.45, 2.75) is 51.7 Å². The Balaban J connectivity index is 3.06. The van der Waals surface area contributed by atoms with E-state index >= 15 is 0 Å². The summed E-state index contributed by atoms with van der Waals surface area (Å²) in [6, 6.07) is 3.88. The van der Waals surface area contributed by atoms with Crippen LogP contribution in [-0.2, 0) is 0 Å². The third kappa shape index (κ3) is 3.13. The summed E-state index contributed by atoms with van der Waals surface area (Å²) in [5.41, 5.74) is 5.89. The molecule has 4 heteroatoms. The molecule has 1 heterocycles. The lowest BCUT2D eigenvalue weighted by Crippen LogP contribution is -2.51. The molecule has 3 N–H and O–H groups in total. The summed E-state index contributed by atoms with van der Waals surface area (Å²) in [5, 5.41) is 9.51. The van der Waals surface area contributed by atoms with Crippen molar-refractivity contribution in [2.75, 3.05) is 13.7 Å². The minimum Gasteiger partial charge on any atom is -0.465 e. The monoisotopic (exact) mass is 254 g/mol. The molecule has 0 saturated heterocycles. The van der Waals surface area contributed by atoms with Crippen LogP contribution in [0.3, 0.4) is 0 Å². The zero-order valence-electron chi connectivity index (χ0n) is 12.1. The second kappa shape index (κ2) is 5.87. The van der Waals surface area contributed by atoms with Gasteiger partial charge in [0.15, 0.2) is 0 Å². The van der Waals surface area contributed by atoms with Crippen molar-refractivity contribution in [3.63, 3.8) is 0 Å². The van der Waals surface area contributed by atoms with Crippen LogP contribution in [0, 0.1) is 6.92 Å². The third-order valence-electron chi connectivity index (χ3n) is 3.69. The number of nitrogens with two attached hydrogens (primary N) is 1. The Morgan fingerprint density at radius 3 is 2.44 bits per heavy atom. The quantitative estimate of drug-likeness (QED) is 0.816. The summed E-state index contributed by atoms with van der Waals surface area (Å²) < 4.78 is 5.73. The lowest BCUT2D eigenvalue weighted by molar-refractivity contribution is 0.0264. The molecule has 2 atom stereocenters. The standard InChI is InChI=1S/C14H26N2O2/c1-6-11(15)13(12-8-7-10(2)18-12)16(5)14(3,4)9-17/h7-8,11,13,17H,6,9,15H2,1-5H3. The van der Waals surface area contributed by atoms with E-state index in [0.717, 1.165) is 17.9 Å². The molecule has 1 aromatic heterocycles. The van der Waals surface area contributed by atoms with Crippen molar-refractivity contribution in [3.8, 4) is 0 Å². The Kier molecular flexibility index (Phi) is 4.96. The van der Waals surface area contributed by atoms with Gasteiger partial charge in [-0.05, 0) is 46.4 Å². The van der Waals surface area contributed by atoms with E-state index in [9.17, 15) is 5.11 Å². The molecule has 0 spiro atoms. The zero-order valence-corrected chi connectivity index (χ0v) is 12.1. The SMILES string of the molecule is CCC(N)C(c1ccc(C)o1)N(C)C(C)(C)CO. The Labute approximate surface area is 110 Å². The number of rotatable bonds is 6. The fraction of sp³-hybridized carbons (Fsp3) is 0.714. The molecule has 0 aliphatic rings. The Bertz CT molecular complexity index is 374. The van der Waals surface area contributed by atoms with Gasteiger partial charge in [-0.25, -0.2) is 0 Å². The van der Waals surface area contributed by atoms with E-state index in [-0.39, 0.29) is 24.2 Å². The number of furan rings is 1. The number of hydrogen-bond donors (Lipinski definition) is 2. The van der Waals surface area contributed by atoms with Crippen molar-refractivity contribution in [3.05, 3.63) is 23.7 Å². The first-order valence-corrected chi connectivity index (χ1v) is 6.49. The number of aliphatic hydroxyl groups is 1. The second-order valence-corrected chi connectivity index (χ2v) is 5.55. The first-order chi connectivity index (χ1) is 8.33. The molecule has 0 fully saturated rings. The van der Waals surface area contributed by atoms with Crippen molar-refractivity contribution in [1.82, 2.24) is 4.90 Å². The average Bonchev–Trinajstić information content (AvgIpc) is 2.75. The highest BCUT2D eigenvalue weighted by atomic mass is 16.3. The van der Waals surface area contributed by atoms with E-state index in [1.165, 1.54) is 0 Å². The van der Waals surface area contributed by atoms with Gasteiger partial charge in [0.1, 0.15) is 11.5 Å². The Morgan fingerprint density at radius 2 is 2.06 bits per heavy atom. The van der Waals surface area contributed by atoms with Crippen molar-refractivity contribution < 1.29 is 9.52 Å². The Hall–Kier alpha value is -0.840. The molecule has 0 aliphatic heterocycles. The largest absolute Gasteiger partial charge is 0.465 e. The summed E-state index contributed by atoms with van der Waals surface area (Å²) in [6.45, 7) is 8.06. The molecule has 4 nitrogen and oxygen atoms in total. The van der Waals surface area contributed by atoms with Crippen molar-refractivity contribution in [1.29, 1.82) is 0 Å². The zero-order chi connectivity index (χ0) is 13.9. The lowest BCUT2D eigenvalue weighted by Gasteiger charge is -2.41. The van der Waals surface area contributed by atoms with Gasteiger partial charge in [-0.2, -0.15) is 0 Å². The van der Waals surface area contributed by atoms with E-state index in [2.05, 4.69) is 11.8 Å². The molecule has 1 aromatic rings. The normalized spacial score (nSPS) is 16.0. The smallest absolute Gasteiger partial charge is 0.122 e. The van der Waals surface area contributed by atoms with Crippen LogP contribution in [0.4, 0.5) is 0 Å². The summed E-state index contributed by atoms with van der Waals surface area (Å²) in [4.78, 5) is 2.10.